The van der Waals surface area contributed by atoms with Gasteiger partial charge in [-0.3, -0.25) is 4.79 Å². The Morgan fingerprint density at radius 1 is 1.13 bits per heavy atom. The standard InChI is InChI=1S/C25H25ClN6O4S3/c1-25(7-8-25)16-36-23-20(14-27-32(24(23)33)18-4-2-3-17(26)13-18)30-9-11-31(12-10-30)39(34,35)22-6-5-21(38-22)19-15-37-29-28-19/h2-6,13-15H,7-12,16H2,1H3. The van der Waals surface area contributed by atoms with Gasteiger partial charge in [0.05, 0.1) is 23.4 Å². The number of aromatic nitrogens is 4. The van der Waals surface area contributed by atoms with Crippen LogP contribution < -0.4 is 15.2 Å². The molecule has 4 aromatic rings. The molecule has 0 atom stereocenters. The Morgan fingerprint density at radius 2 is 1.92 bits per heavy atom. The Labute approximate surface area is 238 Å². The van der Waals surface area contributed by atoms with Gasteiger partial charge in [-0.15, -0.1) is 16.4 Å². The second-order valence-corrected chi connectivity index (χ2v) is 14.2. The predicted molar refractivity (Wildman–Crippen MR) is 152 cm³/mol. The number of ether oxygens (including phenoxy) is 1. The van der Waals surface area contributed by atoms with E-state index in [9.17, 15) is 13.2 Å². The van der Waals surface area contributed by atoms with Crippen LogP contribution in [0.25, 0.3) is 16.3 Å². The first kappa shape index (κ1) is 26.4. The third-order valence-corrected chi connectivity index (χ3v) is 11.2. The summed E-state index contributed by atoms with van der Waals surface area (Å²) in [6, 6.07) is 10.3. The highest BCUT2D eigenvalue weighted by molar-refractivity contribution is 7.91. The molecule has 0 bridgehead atoms. The first-order valence-electron chi connectivity index (χ1n) is 12.4. The van der Waals surface area contributed by atoms with Crippen LogP contribution in [0.2, 0.25) is 5.02 Å². The monoisotopic (exact) mass is 604 g/mol. The van der Waals surface area contributed by atoms with Crippen molar-refractivity contribution in [1.29, 1.82) is 0 Å². The lowest BCUT2D eigenvalue weighted by atomic mass is 10.2. The van der Waals surface area contributed by atoms with Gasteiger partial charge in [0.15, 0.2) is 0 Å². The van der Waals surface area contributed by atoms with E-state index in [2.05, 4.69) is 21.6 Å². The van der Waals surface area contributed by atoms with E-state index in [0.29, 0.717) is 41.8 Å². The number of thiophene rings is 1. The van der Waals surface area contributed by atoms with Gasteiger partial charge >= 0.3 is 5.56 Å². The maximum atomic E-state index is 13.6. The molecule has 6 rings (SSSR count). The van der Waals surface area contributed by atoms with Gasteiger partial charge in [-0.2, -0.15) is 14.1 Å². The van der Waals surface area contributed by atoms with Crippen LogP contribution in [-0.4, -0.2) is 64.9 Å². The van der Waals surface area contributed by atoms with Crippen molar-refractivity contribution < 1.29 is 13.2 Å². The summed E-state index contributed by atoms with van der Waals surface area (Å²) in [5.41, 5.74) is 1.46. The van der Waals surface area contributed by atoms with Gasteiger partial charge in [-0.1, -0.05) is 29.1 Å². The van der Waals surface area contributed by atoms with Gasteiger partial charge in [-0.25, -0.2) is 8.42 Å². The predicted octanol–water partition coefficient (Wildman–Crippen LogP) is 4.16. The van der Waals surface area contributed by atoms with Crippen molar-refractivity contribution in [2.45, 2.75) is 24.0 Å². The van der Waals surface area contributed by atoms with E-state index in [1.165, 1.54) is 31.9 Å². The van der Waals surface area contributed by atoms with Gasteiger partial charge in [0.2, 0.25) is 5.75 Å². The molecule has 2 aliphatic rings. The van der Waals surface area contributed by atoms with Gasteiger partial charge in [0, 0.05) is 42.0 Å². The fourth-order valence-electron chi connectivity index (χ4n) is 4.35. The number of nitrogens with zero attached hydrogens (tertiary/aromatic N) is 6. The van der Waals surface area contributed by atoms with Crippen LogP contribution >= 0.6 is 34.5 Å². The number of sulfonamides is 1. The molecule has 0 N–H and O–H groups in total. The van der Waals surface area contributed by atoms with Crippen molar-refractivity contribution in [2.75, 3.05) is 37.7 Å². The largest absolute Gasteiger partial charge is 0.486 e. The number of hydrogen-bond donors (Lipinski definition) is 0. The molecule has 1 aromatic carbocycles. The first-order chi connectivity index (χ1) is 18.7. The molecule has 0 spiro atoms. The fraction of sp³-hybridized carbons (Fsp3) is 0.360. The van der Waals surface area contributed by atoms with Crippen molar-refractivity contribution >= 4 is 50.2 Å². The van der Waals surface area contributed by atoms with E-state index in [4.69, 9.17) is 16.3 Å². The lowest BCUT2D eigenvalue weighted by Crippen LogP contribution is -2.49. The van der Waals surface area contributed by atoms with Crippen molar-refractivity contribution in [3.63, 3.8) is 0 Å². The maximum absolute atomic E-state index is 13.6. The molecule has 4 heterocycles. The van der Waals surface area contributed by atoms with Gasteiger partial charge in [-0.05, 0) is 54.7 Å². The normalized spacial score (nSPS) is 17.3. The molecule has 204 valence electrons. The number of piperazine rings is 1. The lowest BCUT2D eigenvalue weighted by molar-refractivity contribution is 0.242. The minimum absolute atomic E-state index is 0.0643. The molecule has 0 unspecified atom stereocenters. The van der Waals surface area contributed by atoms with Gasteiger partial charge in [0.1, 0.15) is 15.6 Å². The summed E-state index contributed by atoms with van der Waals surface area (Å²) in [5.74, 6) is 0.217. The molecule has 0 amide bonds. The van der Waals surface area contributed by atoms with E-state index in [1.54, 1.807) is 48.0 Å². The van der Waals surface area contributed by atoms with Crippen LogP contribution in [-0.2, 0) is 10.0 Å². The zero-order valence-electron chi connectivity index (χ0n) is 21.0. The third-order valence-electron chi connectivity index (χ3n) is 7.00. The maximum Gasteiger partial charge on any atom is 0.316 e. The van der Waals surface area contributed by atoms with Crippen LogP contribution in [0, 0.1) is 5.41 Å². The SMILES string of the molecule is CC1(COc2c(N3CCN(S(=O)(=O)c4ccc(-c5csnn5)s4)CC3)cnn(-c3cccc(Cl)c3)c2=O)CC1. The highest BCUT2D eigenvalue weighted by Crippen LogP contribution is 2.45. The lowest BCUT2D eigenvalue weighted by Gasteiger charge is -2.35. The molecule has 1 aliphatic carbocycles. The van der Waals surface area contributed by atoms with Gasteiger partial charge in [0.25, 0.3) is 10.0 Å². The zero-order valence-corrected chi connectivity index (χ0v) is 24.2. The van der Waals surface area contributed by atoms with Crippen LogP contribution in [0.5, 0.6) is 5.75 Å². The summed E-state index contributed by atoms with van der Waals surface area (Å²) >= 11 is 8.56. The fourth-order valence-corrected chi connectivity index (χ4v) is 7.90. The summed E-state index contributed by atoms with van der Waals surface area (Å²) in [4.78, 5) is 16.3. The van der Waals surface area contributed by atoms with Crippen molar-refractivity contribution in [3.8, 4) is 22.0 Å². The number of rotatable bonds is 8. The highest BCUT2D eigenvalue weighted by Gasteiger charge is 2.39. The second-order valence-electron chi connectivity index (χ2n) is 9.96. The number of hydrogen-bond acceptors (Lipinski definition) is 10. The van der Waals surface area contributed by atoms with Crippen LogP contribution in [0.1, 0.15) is 19.8 Å². The van der Waals surface area contributed by atoms with E-state index >= 15 is 0 Å². The summed E-state index contributed by atoms with van der Waals surface area (Å²) in [6.07, 6.45) is 3.72. The number of benzene rings is 1. The molecule has 1 aliphatic heterocycles. The Balaban J connectivity index is 1.24. The Bertz CT molecular complexity index is 1660. The average Bonchev–Trinajstić information content (AvgIpc) is 3.32. The highest BCUT2D eigenvalue weighted by atomic mass is 35.5. The molecule has 2 fully saturated rings. The van der Waals surface area contributed by atoms with Gasteiger partial charge < -0.3 is 9.64 Å². The quantitative estimate of drug-likeness (QED) is 0.295. The smallest absolute Gasteiger partial charge is 0.316 e. The van der Waals surface area contributed by atoms with E-state index in [-0.39, 0.29) is 34.0 Å². The molecule has 10 nitrogen and oxygen atoms in total. The average molecular weight is 605 g/mol. The summed E-state index contributed by atoms with van der Waals surface area (Å²) < 4.78 is 39.8. The van der Waals surface area contributed by atoms with Crippen LogP contribution in [0.15, 0.2) is 57.0 Å². The minimum atomic E-state index is -3.67. The summed E-state index contributed by atoms with van der Waals surface area (Å²) in [6.45, 7) is 3.88. The molecular weight excluding hydrogens is 580 g/mol. The van der Waals surface area contributed by atoms with Crippen LogP contribution in [0.3, 0.4) is 0 Å². The van der Waals surface area contributed by atoms with Crippen molar-refractivity contribution in [3.05, 3.63) is 63.4 Å². The summed E-state index contributed by atoms with van der Waals surface area (Å²) in [5, 5.41) is 10.7. The number of anilines is 1. The first-order valence-corrected chi connectivity index (χ1v) is 15.8. The van der Waals surface area contributed by atoms with E-state index < -0.39 is 10.0 Å². The molecule has 1 saturated heterocycles. The molecule has 39 heavy (non-hydrogen) atoms. The van der Waals surface area contributed by atoms with Crippen LogP contribution in [0.4, 0.5) is 5.69 Å². The molecule has 0 radical (unpaired) electrons. The second kappa shape index (κ2) is 10.3. The molecule has 3 aromatic heterocycles. The minimum Gasteiger partial charge on any atom is -0.486 e. The Kier molecular flexibility index (Phi) is 6.96. The molecular formula is C25H25ClN6O4S3. The summed E-state index contributed by atoms with van der Waals surface area (Å²) in [7, 11) is -3.67. The van der Waals surface area contributed by atoms with E-state index in [1.807, 2.05) is 4.90 Å². The topological polar surface area (TPSA) is 111 Å². The zero-order chi connectivity index (χ0) is 27.2. The number of halogens is 1. The van der Waals surface area contributed by atoms with E-state index in [0.717, 1.165) is 17.7 Å². The molecule has 1 saturated carbocycles. The Morgan fingerprint density at radius 3 is 2.62 bits per heavy atom. The van der Waals surface area contributed by atoms with Crippen molar-refractivity contribution in [2.24, 2.45) is 5.41 Å². The molecule has 14 heteroatoms. The van der Waals surface area contributed by atoms with Crippen molar-refractivity contribution in [1.82, 2.24) is 23.7 Å². The Hall–Kier alpha value is -2.84. The third kappa shape index (κ3) is 5.33.